The second-order valence-corrected chi connectivity index (χ2v) is 12.2. The summed E-state index contributed by atoms with van der Waals surface area (Å²) in [6.07, 6.45) is 2.05. The van der Waals surface area contributed by atoms with Crippen molar-refractivity contribution in [3.63, 3.8) is 0 Å². The van der Waals surface area contributed by atoms with Gasteiger partial charge in [0.05, 0.1) is 30.0 Å². The number of hydrogen-bond donors (Lipinski definition) is 1. The largest absolute Gasteiger partial charge is 0.416 e. The van der Waals surface area contributed by atoms with Crippen LogP contribution in [0.3, 0.4) is 0 Å². The Labute approximate surface area is 248 Å². The van der Waals surface area contributed by atoms with Crippen LogP contribution < -0.4 is 10.2 Å². The first-order valence-corrected chi connectivity index (χ1v) is 14.8. The highest BCUT2D eigenvalue weighted by molar-refractivity contribution is 6.10. The third kappa shape index (κ3) is 5.46. The number of carbonyl (C=O) groups is 1. The average Bonchev–Trinajstić information content (AvgIpc) is 3.54. The van der Waals surface area contributed by atoms with Crippen molar-refractivity contribution in [2.24, 2.45) is 13.0 Å². The number of likely N-dealkylation sites (tertiary alicyclic amines) is 1. The first-order chi connectivity index (χ1) is 20.6. The van der Waals surface area contributed by atoms with Gasteiger partial charge in [0.1, 0.15) is 23.8 Å². The normalized spacial score (nSPS) is 22.3. The maximum absolute atomic E-state index is 14.4. The number of benzene rings is 1. The number of nitrogens with one attached hydrogen (secondary N) is 1. The van der Waals surface area contributed by atoms with Gasteiger partial charge < -0.3 is 9.88 Å². The summed E-state index contributed by atoms with van der Waals surface area (Å²) >= 11 is 0. The van der Waals surface area contributed by atoms with E-state index in [2.05, 4.69) is 38.4 Å². The minimum absolute atomic E-state index is 0.0219. The number of pyridine rings is 1. The molecule has 0 atom stereocenters. The zero-order chi connectivity index (χ0) is 30.4. The molecule has 1 saturated heterocycles. The number of nitriles is 1. The number of amides is 1. The van der Waals surface area contributed by atoms with Crippen molar-refractivity contribution in [3.8, 4) is 6.07 Å². The number of aryl methyl sites for hydroxylation is 1. The van der Waals surface area contributed by atoms with E-state index in [-0.39, 0.29) is 29.9 Å². The average molecular weight is 593 g/mol. The van der Waals surface area contributed by atoms with Crippen LogP contribution in [0.15, 0.2) is 30.6 Å². The van der Waals surface area contributed by atoms with E-state index in [9.17, 15) is 18.0 Å². The summed E-state index contributed by atoms with van der Waals surface area (Å²) in [5.74, 6) is 1.43. The Kier molecular flexibility index (Phi) is 7.62. The third-order valence-electron chi connectivity index (χ3n) is 8.98. The van der Waals surface area contributed by atoms with Gasteiger partial charge in [-0.05, 0) is 85.6 Å². The van der Waals surface area contributed by atoms with Crippen LogP contribution in [0.4, 0.5) is 24.8 Å². The zero-order valence-electron chi connectivity index (χ0n) is 24.4. The molecule has 1 aromatic carbocycles. The molecule has 2 aliphatic heterocycles. The highest BCUT2D eigenvalue weighted by Gasteiger charge is 2.49. The van der Waals surface area contributed by atoms with Crippen LogP contribution in [0, 0.1) is 17.2 Å². The number of alkyl halides is 3. The number of piperidine rings is 1. The predicted octanol–water partition coefficient (Wildman–Crippen LogP) is 5.42. The van der Waals surface area contributed by atoms with Gasteiger partial charge in [-0.15, -0.1) is 10.2 Å². The van der Waals surface area contributed by atoms with E-state index >= 15 is 0 Å². The van der Waals surface area contributed by atoms with E-state index in [1.165, 1.54) is 11.0 Å². The van der Waals surface area contributed by atoms with E-state index in [1.807, 2.05) is 23.7 Å². The Hall–Kier alpha value is -3.98. The van der Waals surface area contributed by atoms with Crippen molar-refractivity contribution in [1.29, 1.82) is 5.26 Å². The number of anilines is 2. The number of fused-ring (bicyclic) bond motifs is 1. The van der Waals surface area contributed by atoms with E-state index in [1.54, 1.807) is 12.4 Å². The van der Waals surface area contributed by atoms with Gasteiger partial charge in [0, 0.05) is 25.7 Å². The van der Waals surface area contributed by atoms with Crippen LogP contribution in [0.2, 0.25) is 0 Å². The molecular formula is C31H35F3N8O. The number of nitrogens with zero attached hydrogens (tertiary/aromatic N) is 7. The lowest BCUT2D eigenvalue weighted by Crippen LogP contribution is -2.43. The van der Waals surface area contributed by atoms with Gasteiger partial charge in [0.2, 0.25) is 0 Å². The molecule has 3 aliphatic rings. The Morgan fingerprint density at radius 1 is 1.14 bits per heavy atom. The Bertz CT molecular complexity index is 1560. The van der Waals surface area contributed by atoms with Crippen molar-refractivity contribution in [2.75, 3.05) is 29.9 Å². The van der Waals surface area contributed by atoms with Crippen molar-refractivity contribution >= 4 is 17.5 Å². The van der Waals surface area contributed by atoms with Gasteiger partial charge in [-0.2, -0.15) is 18.4 Å². The Morgan fingerprint density at radius 2 is 1.91 bits per heavy atom. The molecule has 0 unspecified atom stereocenters. The predicted molar refractivity (Wildman–Crippen MR) is 154 cm³/mol. The molecule has 1 N–H and O–H groups in total. The molecular weight excluding hydrogens is 557 g/mol. The fourth-order valence-electron chi connectivity index (χ4n) is 7.03. The minimum Gasteiger partial charge on any atom is -0.369 e. The molecule has 12 heteroatoms. The second kappa shape index (κ2) is 11.3. The van der Waals surface area contributed by atoms with E-state index in [0.717, 1.165) is 56.6 Å². The van der Waals surface area contributed by atoms with Gasteiger partial charge in [0.25, 0.3) is 5.91 Å². The van der Waals surface area contributed by atoms with Gasteiger partial charge in [-0.1, -0.05) is 13.3 Å². The number of carbonyl (C=O) groups excluding carboxylic acids is 1. The van der Waals surface area contributed by atoms with Gasteiger partial charge >= 0.3 is 6.18 Å². The summed E-state index contributed by atoms with van der Waals surface area (Å²) in [4.78, 5) is 22.1. The van der Waals surface area contributed by atoms with Crippen LogP contribution in [-0.2, 0) is 31.7 Å². The standard InChI is InChI=1S/C31H35F3N8O/c1-20-15-30(16-20,29-39-37-19-40(29)2)22-13-26(36-8-6-7-35)38-27(14-22)42-18-24-23(28(42)43)11-21(12-25(24)31(32,33)34)17-41-9-4-3-5-10-41/h11-14,19-20H,3-6,8-10,15-18H2,1-2H3,(H,36,38). The summed E-state index contributed by atoms with van der Waals surface area (Å²) in [5.41, 5.74) is 0.159. The highest BCUT2D eigenvalue weighted by Crippen LogP contribution is 2.52. The quantitative estimate of drug-likeness (QED) is 0.349. The summed E-state index contributed by atoms with van der Waals surface area (Å²) in [7, 11) is 1.88. The summed E-state index contributed by atoms with van der Waals surface area (Å²) < 4.78 is 45.1. The topological polar surface area (TPSA) is 103 Å². The lowest BCUT2D eigenvalue weighted by atomic mass is 9.58. The van der Waals surface area contributed by atoms with Crippen LogP contribution in [-0.4, -0.2) is 50.2 Å². The lowest BCUT2D eigenvalue weighted by molar-refractivity contribution is -0.138. The van der Waals surface area contributed by atoms with Crippen molar-refractivity contribution < 1.29 is 18.0 Å². The van der Waals surface area contributed by atoms with Crippen LogP contribution in [0.25, 0.3) is 0 Å². The first-order valence-electron chi connectivity index (χ1n) is 14.8. The molecule has 1 saturated carbocycles. The van der Waals surface area contributed by atoms with E-state index in [4.69, 9.17) is 5.26 Å². The molecule has 43 heavy (non-hydrogen) atoms. The molecule has 6 rings (SSSR count). The van der Waals surface area contributed by atoms with Crippen LogP contribution in [0.1, 0.15) is 83.9 Å². The second-order valence-electron chi connectivity index (χ2n) is 12.2. The zero-order valence-corrected chi connectivity index (χ0v) is 24.4. The number of halogens is 3. The molecule has 226 valence electrons. The third-order valence-corrected chi connectivity index (χ3v) is 8.98. The minimum atomic E-state index is -4.60. The SMILES string of the molecule is CC1CC(c2cc(NCCC#N)nc(N3Cc4c(cc(CN5CCCCC5)cc4C(F)(F)F)C3=O)c2)(c2nncn2C)C1. The number of rotatable bonds is 8. The van der Waals surface area contributed by atoms with E-state index in [0.29, 0.717) is 30.4 Å². The van der Waals surface area contributed by atoms with Crippen molar-refractivity contribution in [3.05, 3.63) is 64.2 Å². The van der Waals surface area contributed by atoms with Crippen molar-refractivity contribution in [2.45, 2.75) is 70.1 Å². The summed E-state index contributed by atoms with van der Waals surface area (Å²) in [6, 6.07) is 8.64. The molecule has 1 amide bonds. The van der Waals surface area contributed by atoms with E-state index < -0.39 is 23.1 Å². The van der Waals surface area contributed by atoms with Crippen LogP contribution >= 0.6 is 0 Å². The summed E-state index contributed by atoms with van der Waals surface area (Å²) in [5, 5.41) is 20.7. The molecule has 1 aliphatic carbocycles. The van der Waals surface area contributed by atoms with Gasteiger partial charge in [-0.3, -0.25) is 14.6 Å². The summed E-state index contributed by atoms with van der Waals surface area (Å²) in [6.45, 7) is 4.32. The Morgan fingerprint density at radius 3 is 2.56 bits per heavy atom. The molecule has 2 fully saturated rings. The fraction of sp³-hybridized carbons (Fsp3) is 0.516. The number of aromatic nitrogens is 4. The fourth-order valence-corrected chi connectivity index (χ4v) is 7.03. The molecule has 4 heterocycles. The van der Waals surface area contributed by atoms with Crippen LogP contribution in [0.5, 0.6) is 0 Å². The maximum Gasteiger partial charge on any atom is 0.416 e. The monoisotopic (exact) mass is 592 g/mol. The highest BCUT2D eigenvalue weighted by atomic mass is 19.4. The Balaban J connectivity index is 1.40. The molecule has 9 nitrogen and oxygen atoms in total. The maximum atomic E-state index is 14.4. The number of hydrogen-bond acceptors (Lipinski definition) is 7. The first kappa shape index (κ1) is 29.1. The molecule has 2 aromatic heterocycles. The molecule has 0 radical (unpaired) electrons. The molecule has 3 aromatic rings. The molecule has 0 bridgehead atoms. The lowest BCUT2D eigenvalue weighted by Gasteiger charge is -2.46. The van der Waals surface area contributed by atoms with Gasteiger partial charge in [0.15, 0.2) is 0 Å². The smallest absolute Gasteiger partial charge is 0.369 e. The van der Waals surface area contributed by atoms with Crippen molar-refractivity contribution in [1.82, 2.24) is 24.6 Å². The molecule has 0 spiro atoms. The van der Waals surface area contributed by atoms with Gasteiger partial charge in [-0.25, -0.2) is 4.98 Å².